The first-order valence-electron chi connectivity index (χ1n) is 5.81. The molecule has 2 atom stereocenters. The SMILES string of the molecule is CC1(C)[C@H]2CC=C(c3ccccn3)[C@@H]1C2. The lowest BCUT2D eigenvalue weighted by molar-refractivity contribution is 0.0111. The molecule has 1 fully saturated rings. The van der Waals surface area contributed by atoms with Crippen molar-refractivity contribution >= 4 is 5.57 Å². The van der Waals surface area contributed by atoms with Crippen molar-refractivity contribution < 1.29 is 0 Å². The molecule has 2 bridgehead atoms. The van der Waals surface area contributed by atoms with Crippen LogP contribution in [0.2, 0.25) is 0 Å². The van der Waals surface area contributed by atoms with E-state index in [1.807, 2.05) is 12.3 Å². The minimum Gasteiger partial charge on any atom is -0.257 e. The number of pyridine rings is 1. The summed E-state index contributed by atoms with van der Waals surface area (Å²) in [4.78, 5) is 4.47. The molecule has 4 rings (SSSR count). The highest BCUT2D eigenvalue weighted by atomic mass is 14.7. The molecule has 0 unspecified atom stereocenters. The lowest BCUT2D eigenvalue weighted by atomic mass is 9.48. The Labute approximate surface area is 91.2 Å². The summed E-state index contributed by atoms with van der Waals surface area (Å²) in [6.07, 6.45) is 6.92. The van der Waals surface area contributed by atoms with Crippen LogP contribution in [-0.2, 0) is 0 Å². The van der Waals surface area contributed by atoms with E-state index in [1.54, 1.807) is 0 Å². The topological polar surface area (TPSA) is 12.9 Å². The zero-order valence-corrected chi connectivity index (χ0v) is 9.40. The third-order valence-electron chi connectivity index (χ3n) is 4.43. The van der Waals surface area contributed by atoms with Gasteiger partial charge >= 0.3 is 0 Å². The van der Waals surface area contributed by atoms with Gasteiger partial charge in [0.2, 0.25) is 0 Å². The van der Waals surface area contributed by atoms with Crippen molar-refractivity contribution in [2.45, 2.75) is 26.7 Å². The second kappa shape index (κ2) is 2.94. The van der Waals surface area contributed by atoms with E-state index in [4.69, 9.17) is 0 Å². The van der Waals surface area contributed by atoms with E-state index >= 15 is 0 Å². The summed E-state index contributed by atoms with van der Waals surface area (Å²) in [5.41, 5.74) is 3.18. The smallest absolute Gasteiger partial charge is 0.0661 e. The normalized spacial score (nSPS) is 31.7. The van der Waals surface area contributed by atoms with E-state index in [9.17, 15) is 0 Å². The summed E-state index contributed by atoms with van der Waals surface area (Å²) in [5.74, 6) is 1.65. The van der Waals surface area contributed by atoms with E-state index < -0.39 is 0 Å². The molecule has 0 saturated heterocycles. The fourth-order valence-electron chi connectivity index (χ4n) is 3.17. The lowest BCUT2D eigenvalue weighted by Crippen LogP contribution is -2.47. The number of fused-ring (bicyclic) bond motifs is 1. The van der Waals surface area contributed by atoms with Gasteiger partial charge in [0, 0.05) is 6.20 Å². The first-order chi connectivity index (χ1) is 7.19. The zero-order chi connectivity index (χ0) is 10.5. The Morgan fingerprint density at radius 2 is 2.20 bits per heavy atom. The Bertz CT molecular complexity index is 403. The predicted molar refractivity (Wildman–Crippen MR) is 62.2 cm³/mol. The van der Waals surface area contributed by atoms with Crippen LogP contribution in [-0.4, -0.2) is 4.98 Å². The lowest BCUT2D eigenvalue weighted by Gasteiger charge is -2.56. The monoisotopic (exact) mass is 199 g/mol. The Hall–Kier alpha value is -1.11. The van der Waals surface area contributed by atoms with Gasteiger partial charge in [0.15, 0.2) is 0 Å². The summed E-state index contributed by atoms with van der Waals surface area (Å²) < 4.78 is 0. The molecule has 0 radical (unpaired) electrons. The van der Waals surface area contributed by atoms with Crippen LogP contribution in [0.3, 0.4) is 0 Å². The maximum absolute atomic E-state index is 4.47. The fourth-order valence-corrected chi connectivity index (χ4v) is 3.17. The molecule has 0 aromatic carbocycles. The van der Waals surface area contributed by atoms with E-state index in [1.165, 1.54) is 24.1 Å². The maximum Gasteiger partial charge on any atom is 0.0661 e. The van der Waals surface area contributed by atoms with Crippen molar-refractivity contribution in [2.75, 3.05) is 0 Å². The van der Waals surface area contributed by atoms with Gasteiger partial charge in [-0.1, -0.05) is 26.0 Å². The van der Waals surface area contributed by atoms with E-state index in [-0.39, 0.29) is 0 Å². The van der Waals surface area contributed by atoms with Gasteiger partial charge in [0.25, 0.3) is 0 Å². The Morgan fingerprint density at radius 3 is 2.80 bits per heavy atom. The van der Waals surface area contributed by atoms with Gasteiger partial charge in [0.1, 0.15) is 0 Å². The number of aromatic nitrogens is 1. The summed E-state index contributed by atoms with van der Waals surface area (Å²) in [7, 11) is 0. The Morgan fingerprint density at radius 1 is 1.33 bits per heavy atom. The zero-order valence-electron chi connectivity index (χ0n) is 9.40. The van der Waals surface area contributed by atoms with Crippen molar-refractivity contribution in [1.82, 2.24) is 4.98 Å². The molecular weight excluding hydrogens is 182 g/mol. The molecule has 1 saturated carbocycles. The largest absolute Gasteiger partial charge is 0.257 e. The van der Waals surface area contributed by atoms with Crippen molar-refractivity contribution in [2.24, 2.45) is 17.3 Å². The van der Waals surface area contributed by atoms with E-state index in [0.717, 1.165) is 11.8 Å². The fraction of sp³-hybridized carbons (Fsp3) is 0.500. The number of hydrogen-bond donors (Lipinski definition) is 0. The van der Waals surface area contributed by atoms with Gasteiger partial charge < -0.3 is 0 Å². The molecule has 0 amide bonds. The van der Waals surface area contributed by atoms with Crippen LogP contribution in [0.4, 0.5) is 0 Å². The molecule has 3 aliphatic carbocycles. The predicted octanol–water partition coefficient (Wildman–Crippen LogP) is 3.53. The third-order valence-corrected chi connectivity index (χ3v) is 4.43. The maximum atomic E-state index is 4.47. The molecule has 1 aromatic rings. The minimum atomic E-state index is 0.502. The first kappa shape index (κ1) is 9.14. The van der Waals surface area contributed by atoms with Crippen molar-refractivity contribution in [3.8, 4) is 0 Å². The average molecular weight is 199 g/mol. The first-order valence-corrected chi connectivity index (χ1v) is 5.81. The van der Waals surface area contributed by atoms with Crippen LogP contribution in [0.1, 0.15) is 32.4 Å². The molecular formula is C14H17N. The average Bonchev–Trinajstić information content (AvgIpc) is 2.30. The van der Waals surface area contributed by atoms with Crippen LogP contribution < -0.4 is 0 Å². The number of allylic oxidation sites excluding steroid dienone is 2. The molecule has 1 nitrogen and oxygen atoms in total. The van der Waals surface area contributed by atoms with Crippen molar-refractivity contribution in [1.29, 1.82) is 0 Å². The molecule has 3 aliphatic rings. The summed E-state index contributed by atoms with van der Waals surface area (Å²) in [6, 6.07) is 6.21. The van der Waals surface area contributed by atoms with Crippen LogP contribution in [0.5, 0.6) is 0 Å². The van der Waals surface area contributed by atoms with Gasteiger partial charge in [-0.15, -0.1) is 0 Å². The van der Waals surface area contributed by atoms with Gasteiger partial charge in [0.05, 0.1) is 5.69 Å². The second-order valence-corrected chi connectivity index (χ2v) is 5.42. The van der Waals surface area contributed by atoms with Crippen LogP contribution in [0.15, 0.2) is 30.5 Å². The Kier molecular flexibility index (Phi) is 1.79. The highest BCUT2D eigenvalue weighted by Gasteiger charge is 2.51. The molecule has 0 N–H and O–H groups in total. The van der Waals surface area contributed by atoms with Crippen LogP contribution >= 0.6 is 0 Å². The van der Waals surface area contributed by atoms with E-state index in [0.29, 0.717) is 5.41 Å². The van der Waals surface area contributed by atoms with E-state index in [2.05, 4.69) is 37.0 Å². The molecule has 15 heavy (non-hydrogen) atoms. The highest BCUT2D eigenvalue weighted by Crippen LogP contribution is 2.61. The highest BCUT2D eigenvalue weighted by molar-refractivity contribution is 5.68. The Balaban J connectivity index is 1.99. The van der Waals surface area contributed by atoms with Crippen LogP contribution in [0, 0.1) is 17.3 Å². The van der Waals surface area contributed by atoms with Gasteiger partial charge in [-0.05, 0) is 47.8 Å². The molecule has 0 aliphatic heterocycles. The number of hydrogen-bond acceptors (Lipinski definition) is 1. The number of rotatable bonds is 1. The molecule has 78 valence electrons. The quantitative estimate of drug-likeness (QED) is 0.674. The molecule has 1 heterocycles. The van der Waals surface area contributed by atoms with Crippen molar-refractivity contribution in [3.05, 3.63) is 36.2 Å². The summed E-state index contributed by atoms with van der Waals surface area (Å²) in [6.45, 7) is 4.81. The van der Waals surface area contributed by atoms with Gasteiger partial charge in [-0.2, -0.15) is 0 Å². The van der Waals surface area contributed by atoms with Crippen molar-refractivity contribution in [3.63, 3.8) is 0 Å². The minimum absolute atomic E-state index is 0.502. The van der Waals surface area contributed by atoms with Gasteiger partial charge in [-0.25, -0.2) is 0 Å². The summed E-state index contributed by atoms with van der Waals surface area (Å²) >= 11 is 0. The third kappa shape index (κ3) is 1.19. The molecule has 0 spiro atoms. The molecule has 1 aromatic heterocycles. The standard InChI is InChI=1S/C14H17N/c1-14(2)10-6-7-11(12(14)9-10)13-5-3-4-8-15-13/h3-5,7-8,10,12H,6,9H2,1-2H3/t10-,12-/m0/s1. The van der Waals surface area contributed by atoms with Crippen LogP contribution in [0.25, 0.3) is 5.57 Å². The summed E-state index contributed by atoms with van der Waals surface area (Å²) in [5, 5.41) is 0. The molecule has 1 heteroatoms. The second-order valence-electron chi connectivity index (χ2n) is 5.42. The van der Waals surface area contributed by atoms with Gasteiger partial charge in [-0.3, -0.25) is 4.98 Å². The number of nitrogens with zero attached hydrogens (tertiary/aromatic N) is 1.